The van der Waals surface area contributed by atoms with Crippen LogP contribution < -0.4 is 0 Å². The lowest BCUT2D eigenvalue weighted by molar-refractivity contribution is -0.164. The van der Waals surface area contributed by atoms with Crippen molar-refractivity contribution >= 4 is 11.9 Å². The summed E-state index contributed by atoms with van der Waals surface area (Å²) < 4.78 is 10.4. The molecule has 0 unspecified atom stereocenters. The molecule has 116 valence electrons. The molecule has 1 rings (SSSR count). The van der Waals surface area contributed by atoms with Crippen LogP contribution in [0.5, 0.6) is 0 Å². The van der Waals surface area contributed by atoms with E-state index in [4.69, 9.17) is 19.2 Å². The molecule has 0 saturated carbocycles. The van der Waals surface area contributed by atoms with Gasteiger partial charge in [-0.25, -0.2) is 4.79 Å². The maximum absolute atomic E-state index is 11.9. The maximum atomic E-state index is 11.9. The smallest absolute Gasteiger partial charge is 0.373 e. The number of ether oxygens (including phenoxy) is 2. The second kappa shape index (κ2) is 5.69. The van der Waals surface area contributed by atoms with Crippen LogP contribution in [0.2, 0.25) is 0 Å². The summed E-state index contributed by atoms with van der Waals surface area (Å²) in [6, 6.07) is 0. The Morgan fingerprint density at radius 1 is 0.950 bits per heavy atom. The second-order valence-corrected chi connectivity index (χ2v) is 6.86. The molecule has 0 aromatic rings. The first kappa shape index (κ1) is 16.9. The molecule has 6 heteroatoms. The fraction of sp³-hybridized carbons (Fsp3) is 0.857. The van der Waals surface area contributed by atoms with E-state index in [0.29, 0.717) is 6.42 Å². The molecule has 0 aromatic carbocycles. The Morgan fingerprint density at radius 3 is 1.85 bits per heavy atom. The number of rotatable bonds is 5. The van der Waals surface area contributed by atoms with Gasteiger partial charge in [-0.2, -0.15) is 9.78 Å². The minimum absolute atomic E-state index is 0.203. The first-order valence-electron chi connectivity index (χ1n) is 6.76. The second-order valence-electron chi connectivity index (χ2n) is 6.86. The molecule has 20 heavy (non-hydrogen) atoms. The Balaban J connectivity index is 2.35. The molecular formula is C14H24O6. The maximum Gasteiger partial charge on any atom is 0.373 e. The molecule has 0 bridgehead atoms. The van der Waals surface area contributed by atoms with Crippen LogP contribution in [0.15, 0.2) is 0 Å². The fourth-order valence-corrected chi connectivity index (χ4v) is 1.52. The molecule has 0 spiro atoms. The largest absolute Gasteiger partial charge is 0.460 e. The molecule has 0 atom stereocenters. The third kappa shape index (κ3) is 5.88. The van der Waals surface area contributed by atoms with Crippen LogP contribution >= 0.6 is 0 Å². The van der Waals surface area contributed by atoms with Crippen LogP contribution in [-0.4, -0.2) is 28.9 Å². The summed E-state index contributed by atoms with van der Waals surface area (Å²) in [5, 5.41) is 0. The Bertz CT molecular complexity index is 370. The molecule has 1 aliphatic heterocycles. The zero-order valence-corrected chi connectivity index (χ0v) is 13.1. The van der Waals surface area contributed by atoms with Crippen molar-refractivity contribution in [1.82, 2.24) is 0 Å². The van der Waals surface area contributed by atoms with E-state index in [1.165, 1.54) is 0 Å². The highest BCUT2D eigenvalue weighted by atomic mass is 17.4. The molecule has 0 N–H and O–H groups in total. The molecule has 0 radical (unpaired) electrons. The molecule has 0 aliphatic carbocycles. The van der Waals surface area contributed by atoms with E-state index >= 15 is 0 Å². The predicted molar refractivity (Wildman–Crippen MR) is 70.4 cm³/mol. The minimum atomic E-state index is -1.34. The summed E-state index contributed by atoms with van der Waals surface area (Å²) in [5.74, 6) is -2.21. The quantitative estimate of drug-likeness (QED) is 0.439. The minimum Gasteiger partial charge on any atom is -0.460 e. The van der Waals surface area contributed by atoms with Crippen molar-refractivity contribution in [2.24, 2.45) is 0 Å². The fourth-order valence-electron chi connectivity index (χ4n) is 1.52. The van der Waals surface area contributed by atoms with E-state index in [-0.39, 0.29) is 18.8 Å². The molecule has 0 aromatic heterocycles. The lowest BCUT2D eigenvalue weighted by atomic mass is 10.1. The lowest BCUT2D eigenvalue weighted by Gasteiger charge is -2.21. The van der Waals surface area contributed by atoms with E-state index in [1.54, 1.807) is 41.5 Å². The monoisotopic (exact) mass is 288 g/mol. The van der Waals surface area contributed by atoms with Crippen LogP contribution in [0, 0.1) is 0 Å². The van der Waals surface area contributed by atoms with Gasteiger partial charge in [0, 0.05) is 12.8 Å². The Kier molecular flexibility index (Phi) is 4.82. The van der Waals surface area contributed by atoms with Gasteiger partial charge in [-0.3, -0.25) is 4.79 Å². The average Bonchev–Trinajstić information content (AvgIpc) is 2.93. The third-order valence-corrected chi connectivity index (χ3v) is 2.30. The van der Waals surface area contributed by atoms with Crippen LogP contribution in [0.3, 0.4) is 0 Å². The number of hydrogen-bond acceptors (Lipinski definition) is 6. The third-order valence-electron chi connectivity index (χ3n) is 2.30. The van der Waals surface area contributed by atoms with Crippen LogP contribution in [0.1, 0.15) is 60.8 Å². The van der Waals surface area contributed by atoms with Gasteiger partial charge in [0.1, 0.15) is 11.2 Å². The van der Waals surface area contributed by atoms with Gasteiger partial charge >= 0.3 is 17.7 Å². The summed E-state index contributed by atoms with van der Waals surface area (Å²) >= 11 is 0. The first-order valence-corrected chi connectivity index (χ1v) is 6.76. The van der Waals surface area contributed by atoms with Gasteiger partial charge in [0.2, 0.25) is 0 Å². The normalized spacial score (nSPS) is 17.5. The van der Waals surface area contributed by atoms with Crippen LogP contribution in [0.4, 0.5) is 0 Å². The Morgan fingerprint density at radius 2 is 1.45 bits per heavy atom. The molecule has 1 heterocycles. The van der Waals surface area contributed by atoms with E-state index in [0.717, 1.165) is 0 Å². The highest BCUT2D eigenvalue weighted by Gasteiger charge is 2.58. The summed E-state index contributed by atoms with van der Waals surface area (Å²) in [7, 11) is 0. The highest BCUT2D eigenvalue weighted by Crippen LogP contribution is 2.37. The Hall–Kier alpha value is -1.14. The number of carbonyl (C=O) groups is 2. The SMILES string of the molecule is CC(C)(C)OC(=O)CCCC1(C(=O)OC(C)(C)C)OO1. The zero-order chi connectivity index (χ0) is 15.6. The predicted octanol–water partition coefficient (Wildman–Crippen LogP) is 2.50. The van der Waals surface area contributed by atoms with Crippen molar-refractivity contribution in [3.05, 3.63) is 0 Å². The average molecular weight is 288 g/mol. The van der Waals surface area contributed by atoms with Crippen molar-refractivity contribution in [1.29, 1.82) is 0 Å². The van der Waals surface area contributed by atoms with Crippen LogP contribution in [-0.2, 0) is 28.8 Å². The summed E-state index contributed by atoms with van der Waals surface area (Å²) in [6.45, 7) is 10.7. The summed E-state index contributed by atoms with van der Waals surface area (Å²) in [5.41, 5.74) is -1.11. The topological polar surface area (TPSA) is 77.7 Å². The van der Waals surface area contributed by atoms with Gasteiger partial charge in [0.25, 0.3) is 0 Å². The van der Waals surface area contributed by atoms with Crippen molar-refractivity contribution in [3.8, 4) is 0 Å². The standard InChI is InChI=1S/C14H24O6/c1-12(2,3)17-10(15)8-7-9-14(19-20-14)11(16)18-13(4,5)6/h7-9H2,1-6H3. The van der Waals surface area contributed by atoms with Gasteiger partial charge in [0.15, 0.2) is 0 Å². The lowest BCUT2D eigenvalue weighted by Crippen LogP contribution is -2.34. The number of hydrogen-bond donors (Lipinski definition) is 0. The molecule has 1 fully saturated rings. The van der Waals surface area contributed by atoms with Crippen molar-refractivity contribution in [2.75, 3.05) is 0 Å². The van der Waals surface area contributed by atoms with Gasteiger partial charge in [-0.15, -0.1) is 0 Å². The van der Waals surface area contributed by atoms with Gasteiger partial charge in [0.05, 0.1) is 0 Å². The van der Waals surface area contributed by atoms with Crippen molar-refractivity contribution < 1.29 is 28.8 Å². The summed E-state index contributed by atoms with van der Waals surface area (Å²) in [6.07, 6.45) is 0.893. The molecule has 0 amide bonds. The van der Waals surface area contributed by atoms with E-state index < -0.39 is 23.0 Å². The summed E-state index contributed by atoms with van der Waals surface area (Å²) in [4.78, 5) is 32.9. The van der Waals surface area contributed by atoms with E-state index in [2.05, 4.69) is 0 Å². The highest BCUT2D eigenvalue weighted by molar-refractivity contribution is 5.79. The molecular weight excluding hydrogens is 264 g/mol. The molecule has 1 aliphatic rings. The van der Waals surface area contributed by atoms with E-state index in [9.17, 15) is 9.59 Å². The van der Waals surface area contributed by atoms with Crippen molar-refractivity contribution in [3.63, 3.8) is 0 Å². The Labute approximate surface area is 119 Å². The van der Waals surface area contributed by atoms with Gasteiger partial charge in [-0.1, -0.05) is 0 Å². The first-order chi connectivity index (χ1) is 8.94. The van der Waals surface area contributed by atoms with Crippen molar-refractivity contribution in [2.45, 2.75) is 77.8 Å². The van der Waals surface area contributed by atoms with Crippen LogP contribution in [0.25, 0.3) is 0 Å². The zero-order valence-electron chi connectivity index (χ0n) is 13.1. The number of esters is 2. The van der Waals surface area contributed by atoms with E-state index in [1.807, 2.05) is 0 Å². The van der Waals surface area contributed by atoms with Gasteiger partial charge < -0.3 is 9.47 Å². The molecule has 6 nitrogen and oxygen atoms in total. The van der Waals surface area contributed by atoms with Gasteiger partial charge in [-0.05, 0) is 48.0 Å². The molecule has 1 saturated heterocycles. The number of carbonyl (C=O) groups excluding carboxylic acids is 2.